The standard InChI is InChI=1S/C21H19N3O7S/c1-3-30-20(25)12-31-16-6-4-13(8-17(16)29-2)11-22-23-21(26)19-10-14-9-15(24(27)28)5-7-18(14)32-19/h4-11H,3,12H2,1-2H3,(H,23,26)/b22-11-. The van der Waals surface area contributed by atoms with Crippen molar-refractivity contribution in [2.75, 3.05) is 20.3 Å². The number of hydrogen-bond acceptors (Lipinski definition) is 9. The highest BCUT2D eigenvalue weighted by atomic mass is 32.1. The lowest BCUT2D eigenvalue weighted by Gasteiger charge is -2.10. The van der Waals surface area contributed by atoms with E-state index in [0.29, 0.717) is 27.3 Å². The van der Waals surface area contributed by atoms with Crippen molar-refractivity contribution in [1.82, 2.24) is 5.43 Å². The van der Waals surface area contributed by atoms with Crippen LogP contribution in [0.3, 0.4) is 0 Å². The van der Waals surface area contributed by atoms with Crippen molar-refractivity contribution in [3.8, 4) is 11.5 Å². The van der Waals surface area contributed by atoms with E-state index in [4.69, 9.17) is 14.2 Å². The number of nitrogens with one attached hydrogen (secondary N) is 1. The summed E-state index contributed by atoms with van der Waals surface area (Å²) < 4.78 is 16.2. The number of rotatable bonds is 9. The third-order valence-electron chi connectivity index (χ3n) is 4.15. The van der Waals surface area contributed by atoms with E-state index >= 15 is 0 Å². The monoisotopic (exact) mass is 457 g/mol. The van der Waals surface area contributed by atoms with Gasteiger partial charge >= 0.3 is 5.97 Å². The molecular weight excluding hydrogens is 438 g/mol. The molecule has 0 aliphatic carbocycles. The SMILES string of the molecule is CCOC(=O)COc1ccc(/C=N\NC(=O)c2cc3cc([N+](=O)[O-])ccc3s2)cc1OC. The van der Waals surface area contributed by atoms with Gasteiger partial charge in [-0.15, -0.1) is 11.3 Å². The van der Waals surface area contributed by atoms with Crippen molar-refractivity contribution in [3.63, 3.8) is 0 Å². The Morgan fingerprint density at radius 2 is 2.00 bits per heavy atom. The summed E-state index contributed by atoms with van der Waals surface area (Å²) in [6.45, 7) is 1.73. The topological polar surface area (TPSA) is 129 Å². The van der Waals surface area contributed by atoms with Gasteiger partial charge in [-0.25, -0.2) is 10.2 Å². The van der Waals surface area contributed by atoms with Crippen molar-refractivity contribution >= 4 is 45.2 Å². The summed E-state index contributed by atoms with van der Waals surface area (Å²) in [6.07, 6.45) is 1.42. The number of hydrogen-bond donors (Lipinski definition) is 1. The zero-order valence-electron chi connectivity index (χ0n) is 17.2. The molecule has 0 aliphatic heterocycles. The first-order chi connectivity index (χ1) is 15.4. The van der Waals surface area contributed by atoms with Gasteiger partial charge in [0.2, 0.25) is 0 Å². The van der Waals surface area contributed by atoms with Gasteiger partial charge in [0.05, 0.1) is 29.7 Å². The van der Waals surface area contributed by atoms with Crippen LogP contribution in [0.4, 0.5) is 5.69 Å². The quantitative estimate of drug-likeness (QED) is 0.225. The lowest BCUT2D eigenvalue weighted by Crippen LogP contribution is -2.16. The van der Waals surface area contributed by atoms with Crippen molar-refractivity contribution in [2.24, 2.45) is 5.10 Å². The minimum atomic E-state index is -0.487. The number of thiophene rings is 1. The van der Waals surface area contributed by atoms with Crippen LogP contribution in [0.25, 0.3) is 10.1 Å². The largest absolute Gasteiger partial charge is 0.493 e. The van der Waals surface area contributed by atoms with Gasteiger partial charge in [0, 0.05) is 22.2 Å². The number of carbonyl (C=O) groups is 2. The number of esters is 1. The molecule has 0 radical (unpaired) electrons. The number of nitro benzene ring substituents is 1. The van der Waals surface area contributed by atoms with Crippen molar-refractivity contribution < 1.29 is 28.7 Å². The van der Waals surface area contributed by atoms with Crippen LogP contribution in [0.5, 0.6) is 11.5 Å². The van der Waals surface area contributed by atoms with E-state index in [2.05, 4.69) is 10.5 Å². The van der Waals surface area contributed by atoms with Gasteiger partial charge in [0.25, 0.3) is 11.6 Å². The molecule has 3 rings (SSSR count). The number of amides is 1. The zero-order valence-corrected chi connectivity index (χ0v) is 18.0. The Morgan fingerprint density at radius 1 is 1.19 bits per heavy atom. The number of nitro groups is 1. The summed E-state index contributed by atoms with van der Waals surface area (Å²) in [7, 11) is 1.46. The van der Waals surface area contributed by atoms with Gasteiger partial charge in [0.15, 0.2) is 18.1 Å². The van der Waals surface area contributed by atoms with Crippen LogP contribution in [-0.2, 0) is 9.53 Å². The maximum absolute atomic E-state index is 12.4. The Hall–Kier alpha value is -3.99. The number of hydrazone groups is 1. The number of carbonyl (C=O) groups excluding carboxylic acids is 2. The van der Waals surface area contributed by atoms with E-state index in [0.717, 1.165) is 4.70 Å². The van der Waals surface area contributed by atoms with Gasteiger partial charge < -0.3 is 14.2 Å². The first kappa shape index (κ1) is 22.7. The number of nitrogens with zero attached hydrogens (tertiary/aromatic N) is 2. The van der Waals surface area contributed by atoms with E-state index in [9.17, 15) is 19.7 Å². The molecule has 0 aliphatic rings. The van der Waals surface area contributed by atoms with Gasteiger partial charge in [0.1, 0.15) is 0 Å². The predicted molar refractivity (Wildman–Crippen MR) is 119 cm³/mol. The molecule has 1 N–H and O–H groups in total. The number of benzene rings is 2. The molecule has 0 atom stereocenters. The lowest BCUT2D eigenvalue weighted by atomic mass is 10.2. The molecule has 2 aromatic carbocycles. The molecule has 0 unspecified atom stereocenters. The van der Waals surface area contributed by atoms with E-state index < -0.39 is 16.8 Å². The molecule has 0 bridgehead atoms. The third-order valence-corrected chi connectivity index (χ3v) is 5.27. The Kier molecular flexibility index (Phi) is 7.34. The van der Waals surface area contributed by atoms with E-state index in [1.807, 2.05) is 0 Å². The summed E-state index contributed by atoms with van der Waals surface area (Å²) in [6, 6.07) is 10.9. The molecule has 32 heavy (non-hydrogen) atoms. The number of fused-ring (bicyclic) bond motifs is 1. The number of non-ortho nitro benzene ring substituents is 1. The molecule has 0 spiro atoms. The Bertz CT molecular complexity index is 1190. The van der Waals surface area contributed by atoms with Crippen molar-refractivity contribution in [1.29, 1.82) is 0 Å². The van der Waals surface area contributed by atoms with Gasteiger partial charge in [-0.2, -0.15) is 5.10 Å². The third kappa shape index (κ3) is 5.58. The summed E-state index contributed by atoms with van der Waals surface area (Å²) >= 11 is 1.21. The molecule has 10 nitrogen and oxygen atoms in total. The molecule has 3 aromatic rings. The van der Waals surface area contributed by atoms with E-state index in [-0.39, 0.29) is 18.9 Å². The maximum atomic E-state index is 12.4. The molecule has 0 saturated carbocycles. The fourth-order valence-corrected chi connectivity index (χ4v) is 3.63. The fourth-order valence-electron chi connectivity index (χ4n) is 2.70. The minimum Gasteiger partial charge on any atom is -0.493 e. The Labute approximate surface area is 186 Å². The second-order valence-corrected chi connectivity index (χ2v) is 7.38. The summed E-state index contributed by atoms with van der Waals surface area (Å²) in [5.74, 6) is -0.179. The Morgan fingerprint density at radius 3 is 2.72 bits per heavy atom. The molecule has 1 heterocycles. The summed E-state index contributed by atoms with van der Waals surface area (Å²) in [5.41, 5.74) is 3.01. The van der Waals surface area contributed by atoms with Crippen molar-refractivity contribution in [3.05, 3.63) is 63.0 Å². The summed E-state index contributed by atoms with van der Waals surface area (Å²) in [4.78, 5) is 34.6. The van der Waals surface area contributed by atoms with Crippen LogP contribution in [-0.4, -0.2) is 43.3 Å². The average Bonchev–Trinajstić information content (AvgIpc) is 3.21. The van der Waals surface area contributed by atoms with Crippen LogP contribution < -0.4 is 14.9 Å². The molecular formula is C21H19N3O7S. The highest BCUT2D eigenvalue weighted by molar-refractivity contribution is 7.20. The van der Waals surface area contributed by atoms with Crippen LogP contribution in [0.15, 0.2) is 47.6 Å². The van der Waals surface area contributed by atoms with Crippen LogP contribution in [0, 0.1) is 10.1 Å². The average molecular weight is 457 g/mol. The second-order valence-electron chi connectivity index (χ2n) is 6.29. The second kappa shape index (κ2) is 10.4. The number of methoxy groups -OCH3 is 1. The van der Waals surface area contributed by atoms with Gasteiger partial charge in [-0.1, -0.05) is 0 Å². The highest BCUT2D eigenvalue weighted by Crippen LogP contribution is 2.29. The molecule has 0 fully saturated rings. The molecule has 1 amide bonds. The molecule has 11 heteroatoms. The first-order valence-corrected chi connectivity index (χ1v) is 10.2. The van der Waals surface area contributed by atoms with Gasteiger partial charge in [-0.05, 0) is 42.8 Å². The summed E-state index contributed by atoms with van der Waals surface area (Å²) in [5, 5.41) is 15.4. The number of ether oxygens (including phenoxy) is 3. The highest BCUT2D eigenvalue weighted by Gasteiger charge is 2.13. The fraction of sp³-hybridized carbons (Fsp3) is 0.190. The Balaban J connectivity index is 1.64. The normalized spacial score (nSPS) is 10.8. The maximum Gasteiger partial charge on any atom is 0.344 e. The lowest BCUT2D eigenvalue weighted by molar-refractivity contribution is -0.384. The van der Waals surface area contributed by atoms with E-state index in [1.54, 1.807) is 37.3 Å². The first-order valence-electron chi connectivity index (χ1n) is 9.39. The molecule has 0 saturated heterocycles. The van der Waals surface area contributed by atoms with Crippen molar-refractivity contribution in [2.45, 2.75) is 6.92 Å². The minimum absolute atomic E-state index is 0.0380. The predicted octanol–water partition coefficient (Wildman–Crippen LogP) is 3.52. The van der Waals surface area contributed by atoms with Crippen LogP contribution in [0.1, 0.15) is 22.2 Å². The smallest absolute Gasteiger partial charge is 0.344 e. The van der Waals surface area contributed by atoms with Crippen LogP contribution >= 0.6 is 11.3 Å². The van der Waals surface area contributed by atoms with E-state index in [1.165, 1.54) is 36.8 Å². The molecule has 1 aromatic heterocycles. The zero-order chi connectivity index (χ0) is 23.1. The van der Waals surface area contributed by atoms with Crippen LogP contribution in [0.2, 0.25) is 0 Å². The van der Waals surface area contributed by atoms with Gasteiger partial charge in [-0.3, -0.25) is 14.9 Å². The molecule has 166 valence electrons.